The second-order valence-electron chi connectivity index (χ2n) is 8.19. The Kier molecular flexibility index (Phi) is 5.13. The molecule has 0 saturated carbocycles. The van der Waals surface area contributed by atoms with Gasteiger partial charge in [0.1, 0.15) is 11.5 Å². The number of carbonyl (C=O) groups excluding carboxylic acids is 1. The quantitative estimate of drug-likeness (QED) is 0.832. The van der Waals surface area contributed by atoms with Gasteiger partial charge in [-0.15, -0.1) is 0 Å². The molecule has 4 heterocycles. The van der Waals surface area contributed by atoms with Gasteiger partial charge in [-0.25, -0.2) is 0 Å². The maximum absolute atomic E-state index is 12.5. The number of hydrogen-bond donors (Lipinski definition) is 2. The lowest BCUT2D eigenvalue weighted by Crippen LogP contribution is -2.41. The van der Waals surface area contributed by atoms with Gasteiger partial charge in [-0.05, 0) is 76.6 Å². The largest absolute Gasteiger partial charge is 0.465 e. The zero-order valence-electron chi connectivity index (χ0n) is 15.3. The van der Waals surface area contributed by atoms with Gasteiger partial charge in [0.15, 0.2) is 0 Å². The molecular weight excluding hydrogens is 314 g/mol. The van der Waals surface area contributed by atoms with E-state index in [1.807, 2.05) is 13.0 Å². The van der Waals surface area contributed by atoms with Crippen molar-refractivity contribution < 1.29 is 9.21 Å². The minimum Gasteiger partial charge on any atom is -0.465 e. The van der Waals surface area contributed by atoms with Crippen LogP contribution in [0.5, 0.6) is 0 Å². The van der Waals surface area contributed by atoms with Crippen LogP contribution in [0.4, 0.5) is 0 Å². The third-order valence-corrected chi connectivity index (χ3v) is 6.21. The molecule has 138 valence electrons. The molecule has 25 heavy (non-hydrogen) atoms. The van der Waals surface area contributed by atoms with Crippen molar-refractivity contribution in [3.05, 3.63) is 23.7 Å². The van der Waals surface area contributed by atoms with Crippen molar-refractivity contribution in [3.8, 4) is 0 Å². The fraction of sp³-hybridized carbons (Fsp3) is 0.750. The first-order valence-corrected chi connectivity index (χ1v) is 10.0. The number of amides is 1. The van der Waals surface area contributed by atoms with E-state index in [0.29, 0.717) is 31.0 Å². The highest BCUT2D eigenvalue weighted by Crippen LogP contribution is 2.32. The second kappa shape index (κ2) is 7.50. The molecule has 0 aliphatic carbocycles. The van der Waals surface area contributed by atoms with E-state index in [1.54, 1.807) is 0 Å². The molecular formula is C20H31N3O2. The number of aryl methyl sites for hydroxylation is 1. The Balaban J connectivity index is 1.31. The monoisotopic (exact) mass is 345 g/mol. The van der Waals surface area contributed by atoms with E-state index >= 15 is 0 Å². The molecule has 0 aromatic carbocycles. The highest BCUT2D eigenvalue weighted by atomic mass is 16.3. The van der Waals surface area contributed by atoms with Gasteiger partial charge < -0.3 is 15.1 Å². The number of furan rings is 1. The average Bonchev–Trinajstić information content (AvgIpc) is 3.31. The van der Waals surface area contributed by atoms with E-state index in [9.17, 15) is 4.79 Å². The van der Waals surface area contributed by atoms with E-state index < -0.39 is 0 Å². The minimum atomic E-state index is 0.171. The molecule has 0 spiro atoms. The van der Waals surface area contributed by atoms with Gasteiger partial charge in [0, 0.05) is 25.0 Å². The fourth-order valence-corrected chi connectivity index (χ4v) is 4.98. The van der Waals surface area contributed by atoms with Gasteiger partial charge in [-0.3, -0.25) is 9.69 Å². The minimum absolute atomic E-state index is 0.171. The van der Waals surface area contributed by atoms with Gasteiger partial charge in [0.2, 0.25) is 5.91 Å². The van der Waals surface area contributed by atoms with E-state index in [2.05, 4.69) is 21.6 Å². The number of rotatable bonds is 6. The maximum atomic E-state index is 12.5. The predicted octanol–water partition coefficient (Wildman–Crippen LogP) is 2.76. The molecule has 1 aromatic heterocycles. The van der Waals surface area contributed by atoms with Crippen LogP contribution < -0.4 is 10.6 Å². The van der Waals surface area contributed by atoms with Gasteiger partial charge >= 0.3 is 0 Å². The van der Waals surface area contributed by atoms with Crippen molar-refractivity contribution in [1.82, 2.24) is 15.5 Å². The summed E-state index contributed by atoms with van der Waals surface area (Å²) in [6, 6.07) is 5.56. The first-order valence-electron chi connectivity index (χ1n) is 10.0. The molecule has 5 nitrogen and oxygen atoms in total. The molecule has 3 atom stereocenters. The SMILES string of the molecule is Cc1ccc(C(CNC(=O)CC2CC3CCC(C2)N3)N2CCCC2)o1. The van der Waals surface area contributed by atoms with Crippen molar-refractivity contribution in [1.29, 1.82) is 0 Å². The normalized spacial score (nSPS) is 30.5. The van der Waals surface area contributed by atoms with Gasteiger partial charge in [-0.1, -0.05) is 0 Å². The summed E-state index contributed by atoms with van der Waals surface area (Å²) in [5.74, 6) is 2.68. The van der Waals surface area contributed by atoms with Crippen LogP contribution in [0.15, 0.2) is 16.5 Å². The fourth-order valence-electron chi connectivity index (χ4n) is 4.98. The molecule has 5 heteroatoms. The third kappa shape index (κ3) is 4.09. The summed E-state index contributed by atoms with van der Waals surface area (Å²) in [5, 5.41) is 6.86. The molecule has 3 aliphatic rings. The highest BCUT2D eigenvalue weighted by Gasteiger charge is 2.34. The first-order chi connectivity index (χ1) is 12.2. The van der Waals surface area contributed by atoms with Crippen LogP contribution in [0.25, 0.3) is 0 Å². The molecule has 3 fully saturated rings. The summed E-state index contributed by atoms with van der Waals surface area (Å²) < 4.78 is 5.88. The maximum Gasteiger partial charge on any atom is 0.220 e. The Labute approximate surface area is 150 Å². The number of nitrogens with zero attached hydrogens (tertiary/aromatic N) is 1. The van der Waals surface area contributed by atoms with Crippen LogP contribution in [0.1, 0.15) is 62.5 Å². The number of hydrogen-bond acceptors (Lipinski definition) is 4. The van der Waals surface area contributed by atoms with Crippen LogP contribution in [-0.4, -0.2) is 42.5 Å². The van der Waals surface area contributed by atoms with Crippen molar-refractivity contribution >= 4 is 5.91 Å². The van der Waals surface area contributed by atoms with E-state index in [-0.39, 0.29) is 11.9 Å². The van der Waals surface area contributed by atoms with E-state index in [1.165, 1.54) is 25.7 Å². The van der Waals surface area contributed by atoms with Crippen LogP contribution in [0.2, 0.25) is 0 Å². The topological polar surface area (TPSA) is 57.5 Å². The summed E-state index contributed by atoms with van der Waals surface area (Å²) in [6.07, 6.45) is 8.06. The molecule has 3 unspecified atom stereocenters. The molecule has 2 bridgehead atoms. The van der Waals surface area contributed by atoms with Gasteiger partial charge in [0.05, 0.1) is 6.04 Å². The lowest BCUT2D eigenvalue weighted by atomic mass is 9.89. The molecule has 2 N–H and O–H groups in total. The van der Waals surface area contributed by atoms with E-state index in [4.69, 9.17) is 4.42 Å². The number of fused-ring (bicyclic) bond motifs is 2. The van der Waals surface area contributed by atoms with Gasteiger partial charge in [0.25, 0.3) is 0 Å². The number of piperidine rings is 1. The smallest absolute Gasteiger partial charge is 0.220 e. The first kappa shape index (κ1) is 17.1. The standard InChI is InChI=1S/C20H31N3O2/c1-14-4-7-19(25-14)18(23-8-2-3-9-23)13-21-20(24)12-15-10-16-5-6-17(11-15)22-16/h4,7,15-18,22H,2-3,5-6,8-13H2,1H3,(H,21,24). The average molecular weight is 345 g/mol. The summed E-state index contributed by atoms with van der Waals surface area (Å²) >= 11 is 0. The lowest BCUT2D eigenvalue weighted by Gasteiger charge is -2.29. The molecule has 0 radical (unpaired) electrons. The summed E-state index contributed by atoms with van der Waals surface area (Å²) in [5.41, 5.74) is 0. The van der Waals surface area contributed by atoms with Crippen molar-refractivity contribution in [2.75, 3.05) is 19.6 Å². The Bertz CT molecular complexity index is 582. The van der Waals surface area contributed by atoms with Crippen molar-refractivity contribution in [2.24, 2.45) is 5.92 Å². The summed E-state index contributed by atoms with van der Waals surface area (Å²) in [6.45, 7) is 4.83. The van der Waals surface area contributed by atoms with Crippen LogP contribution in [0.3, 0.4) is 0 Å². The van der Waals surface area contributed by atoms with Crippen molar-refractivity contribution in [3.63, 3.8) is 0 Å². The van der Waals surface area contributed by atoms with Crippen LogP contribution in [0, 0.1) is 12.8 Å². The third-order valence-electron chi connectivity index (χ3n) is 6.21. The Morgan fingerprint density at radius 1 is 1.28 bits per heavy atom. The van der Waals surface area contributed by atoms with Crippen molar-refractivity contribution in [2.45, 2.75) is 70.0 Å². The molecule has 1 amide bonds. The summed E-state index contributed by atoms with van der Waals surface area (Å²) in [4.78, 5) is 15.0. The Morgan fingerprint density at radius 2 is 2.00 bits per heavy atom. The molecule has 3 aliphatic heterocycles. The van der Waals surface area contributed by atoms with Gasteiger partial charge in [-0.2, -0.15) is 0 Å². The van der Waals surface area contributed by atoms with Crippen LogP contribution >= 0.6 is 0 Å². The zero-order chi connectivity index (χ0) is 17.2. The lowest BCUT2D eigenvalue weighted by molar-refractivity contribution is -0.122. The number of carbonyl (C=O) groups is 1. The van der Waals surface area contributed by atoms with Crippen LogP contribution in [-0.2, 0) is 4.79 Å². The Hall–Kier alpha value is -1.33. The van der Waals surface area contributed by atoms with E-state index in [0.717, 1.165) is 37.5 Å². The molecule has 1 aromatic rings. The molecule has 4 rings (SSSR count). The second-order valence-corrected chi connectivity index (χ2v) is 8.19. The summed E-state index contributed by atoms with van der Waals surface area (Å²) in [7, 11) is 0. The highest BCUT2D eigenvalue weighted by molar-refractivity contribution is 5.76. The number of nitrogens with one attached hydrogen (secondary N) is 2. The number of likely N-dealkylation sites (tertiary alicyclic amines) is 1. The predicted molar refractivity (Wildman–Crippen MR) is 97.3 cm³/mol. The zero-order valence-corrected chi connectivity index (χ0v) is 15.3. The molecule has 3 saturated heterocycles. The Morgan fingerprint density at radius 3 is 2.64 bits per heavy atom.